The van der Waals surface area contributed by atoms with E-state index in [1.165, 1.54) is 6.07 Å². The van der Waals surface area contributed by atoms with Crippen LogP contribution >= 0.6 is 22.6 Å². The molecule has 0 aliphatic rings. The zero-order valence-electron chi connectivity index (χ0n) is 5.85. The molecule has 0 atom stereocenters. The Labute approximate surface area is 78.4 Å². The maximum absolute atomic E-state index is 12.8. The standard InChI is InChI=1S/C8H8FIO/c9-7-3-1-2-6(4-5-11)8(7)10/h1-3,11H,4-5H2. The second-order valence-electron chi connectivity index (χ2n) is 2.19. The van der Waals surface area contributed by atoms with E-state index in [4.69, 9.17) is 5.11 Å². The van der Waals surface area contributed by atoms with Crippen LogP contribution in [0, 0.1) is 9.39 Å². The van der Waals surface area contributed by atoms with Gasteiger partial charge in [-0.05, 0) is 40.6 Å². The monoisotopic (exact) mass is 266 g/mol. The molecule has 0 bridgehead atoms. The smallest absolute Gasteiger partial charge is 0.136 e. The van der Waals surface area contributed by atoms with Crippen molar-refractivity contribution in [3.63, 3.8) is 0 Å². The third-order valence-electron chi connectivity index (χ3n) is 1.41. The van der Waals surface area contributed by atoms with Gasteiger partial charge in [-0.3, -0.25) is 0 Å². The number of aliphatic hydroxyl groups is 1. The molecule has 11 heavy (non-hydrogen) atoms. The summed E-state index contributed by atoms with van der Waals surface area (Å²) in [6, 6.07) is 4.90. The fourth-order valence-electron chi connectivity index (χ4n) is 0.862. The van der Waals surface area contributed by atoms with Crippen LogP contribution in [0.4, 0.5) is 4.39 Å². The van der Waals surface area contributed by atoms with Crippen LogP contribution in [-0.2, 0) is 6.42 Å². The zero-order chi connectivity index (χ0) is 8.27. The van der Waals surface area contributed by atoms with Crippen molar-refractivity contribution in [3.05, 3.63) is 33.1 Å². The molecule has 0 radical (unpaired) electrons. The second kappa shape index (κ2) is 4.01. The fourth-order valence-corrected chi connectivity index (χ4v) is 1.49. The number of halogens is 2. The molecule has 3 heteroatoms. The molecule has 1 aromatic rings. The SMILES string of the molecule is OCCc1cccc(F)c1I. The zero-order valence-corrected chi connectivity index (χ0v) is 8.01. The Hall–Kier alpha value is -0.160. The van der Waals surface area contributed by atoms with Crippen LogP contribution in [0.25, 0.3) is 0 Å². The van der Waals surface area contributed by atoms with Crippen LogP contribution < -0.4 is 0 Å². The number of rotatable bonds is 2. The molecule has 0 spiro atoms. The minimum absolute atomic E-state index is 0.0689. The van der Waals surface area contributed by atoms with Gasteiger partial charge in [-0.2, -0.15) is 0 Å². The molecule has 0 saturated carbocycles. The average molecular weight is 266 g/mol. The number of aliphatic hydroxyl groups excluding tert-OH is 1. The first-order chi connectivity index (χ1) is 5.25. The highest BCUT2D eigenvalue weighted by Crippen LogP contribution is 2.15. The molecule has 60 valence electrons. The lowest BCUT2D eigenvalue weighted by Crippen LogP contribution is -1.95. The molecule has 0 aromatic heterocycles. The van der Waals surface area contributed by atoms with Gasteiger partial charge in [-0.1, -0.05) is 12.1 Å². The van der Waals surface area contributed by atoms with Crippen molar-refractivity contribution in [2.24, 2.45) is 0 Å². The van der Waals surface area contributed by atoms with Crippen molar-refractivity contribution < 1.29 is 9.50 Å². The normalized spacial score (nSPS) is 10.1. The molecule has 1 N–H and O–H groups in total. The lowest BCUT2D eigenvalue weighted by atomic mass is 10.2. The van der Waals surface area contributed by atoms with Gasteiger partial charge in [0, 0.05) is 6.61 Å². The largest absolute Gasteiger partial charge is 0.396 e. The van der Waals surface area contributed by atoms with Crippen LogP contribution in [-0.4, -0.2) is 11.7 Å². The molecule has 0 aliphatic carbocycles. The molecule has 1 rings (SSSR count). The Balaban J connectivity index is 2.96. The second-order valence-corrected chi connectivity index (χ2v) is 3.27. The number of benzene rings is 1. The molecule has 0 heterocycles. The van der Waals surface area contributed by atoms with Crippen LogP contribution in [0.5, 0.6) is 0 Å². The molecule has 0 amide bonds. The summed E-state index contributed by atoms with van der Waals surface area (Å²) in [5.41, 5.74) is 0.869. The van der Waals surface area contributed by atoms with E-state index in [-0.39, 0.29) is 12.4 Å². The minimum atomic E-state index is -0.212. The summed E-state index contributed by atoms with van der Waals surface area (Å²) in [5, 5.41) is 8.61. The van der Waals surface area contributed by atoms with E-state index in [2.05, 4.69) is 0 Å². The quantitative estimate of drug-likeness (QED) is 0.811. The van der Waals surface area contributed by atoms with Crippen LogP contribution in [0.3, 0.4) is 0 Å². The molecular formula is C8H8FIO. The minimum Gasteiger partial charge on any atom is -0.396 e. The van der Waals surface area contributed by atoms with E-state index in [1.807, 2.05) is 28.7 Å². The van der Waals surface area contributed by atoms with Crippen LogP contribution in [0.1, 0.15) is 5.56 Å². The first-order valence-electron chi connectivity index (χ1n) is 3.29. The lowest BCUT2D eigenvalue weighted by molar-refractivity contribution is 0.299. The van der Waals surface area contributed by atoms with E-state index < -0.39 is 0 Å². The molecule has 0 aliphatic heterocycles. The van der Waals surface area contributed by atoms with Gasteiger partial charge in [0.15, 0.2) is 0 Å². The highest BCUT2D eigenvalue weighted by molar-refractivity contribution is 14.1. The molecular weight excluding hydrogens is 258 g/mol. The Morgan fingerprint density at radius 1 is 1.45 bits per heavy atom. The summed E-state index contributed by atoms with van der Waals surface area (Å²) in [7, 11) is 0. The predicted molar refractivity (Wildman–Crippen MR) is 49.9 cm³/mol. The third kappa shape index (κ3) is 2.13. The summed E-state index contributed by atoms with van der Waals surface area (Å²) in [6.45, 7) is 0.0689. The number of hydrogen-bond donors (Lipinski definition) is 1. The summed E-state index contributed by atoms with van der Waals surface area (Å²) in [5.74, 6) is -0.212. The van der Waals surface area contributed by atoms with Gasteiger partial charge in [0.2, 0.25) is 0 Å². The predicted octanol–water partition coefficient (Wildman–Crippen LogP) is 1.97. The summed E-state index contributed by atoms with van der Waals surface area (Å²) in [4.78, 5) is 0. The Morgan fingerprint density at radius 3 is 2.82 bits per heavy atom. The molecule has 0 unspecified atom stereocenters. The van der Waals surface area contributed by atoms with Gasteiger partial charge in [0.25, 0.3) is 0 Å². The highest BCUT2D eigenvalue weighted by atomic mass is 127. The maximum atomic E-state index is 12.8. The van der Waals surface area contributed by atoms with Crippen molar-refractivity contribution in [2.45, 2.75) is 6.42 Å². The van der Waals surface area contributed by atoms with Crippen molar-refractivity contribution in [2.75, 3.05) is 6.61 Å². The first-order valence-corrected chi connectivity index (χ1v) is 4.37. The van der Waals surface area contributed by atoms with Crippen LogP contribution in [0.15, 0.2) is 18.2 Å². The van der Waals surface area contributed by atoms with Gasteiger partial charge >= 0.3 is 0 Å². The Morgan fingerprint density at radius 2 is 2.18 bits per heavy atom. The Kier molecular flexibility index (Phi) is 3.26. The van der Waals surface area contributed by atoms with Gasteiger partial charge in [-0.15, -0.1) is 0 Å². The Bertz CT molecular complexity index is 250. The van der Waals surface area contributed by atoms with E-state index in [9.17, 15) is 4.39 Å². The van der Waals surface area contributed by atoms with Gasteiger partial charge in [0.05, 0.1) is 3.57 Å². The van der Waals surface area contributed by atoms with Gasteiger partial charge in [-0.25, -0.2) is 4.39 Å². The van der Waals surface area contributed by atoms with Crippen LogP contribution in [0.2, 0.25) is 0 Å². The summed E-state index contributed by atoms with van der Waals surface area (Å²) < 4.78 is 13.4. The van der Waals surface area contributed by atoms with Gasteiger partial charge < -0.3 is 5.11 Å². The maximum Gasteiger partial charge on any atom is 0.136 e. The third-order valence-corrected chi connectivity index (χ3v) is 2.62. The van der Waals surface area contributed by atoms with Crippen molar-refractivity contribution in [3.8, 4) is 0 Å². The lowest BCUT2D eigenvalue weighted by Gasteiger charge is -2.01. The molecule has 0 fully saturated rings. The molecule has 0 saturated heterocycles. The van der Waals surface area contributed by atoms with E-state index in [1.54, 1.807) is 6.07 Å². The summed E-state index contributed by atoms with van der Waals surface area (Å²) >= 11 is 1.94. The molecule has 1 aromatic carbocycles. The van der Waals surface area contributed by atoms with E-state index >= 15 is 0 Å². The summed E-state index contributed by atoms with van der Waals surface area (Å²) in [6.07, 6.45) is 0.524. The van der Waals surface area contributed by atoms with Gasteiger partial charge in [0.1, 0.15) is 5.82 Å². The van der Waals surface area contributed by atoms with E-state index in [0.717, 1.165) is 5.56 Å². The fraction of sp³-hybridized carbons (Fsp3) is 0.250. The van der Waals surface area contributed by atoms with Crippen molar-refractivity contribution in [1.29, 1.82) is 0 Å². The topological polar surface area (TPSA) is 20.2 Å². The highest BCUT2D eigenvalue weighted by Gasteiger charge is 2.02. The van der Waals surface area contributed by atoms with Crippen molar-refractivity contribution in [1.82, 2.24) is 0 Å². The van der Waals surface area contributed by atoms with Crippen molar-refractivity contribution >= 4 is 22.6 Å². The molecule has 1 nitrogen and oxygen atoms in total. The number of hydrogen-bond acceptors (Lipinski definition) is 1. The van der Waals surface area contributed by atoms with E-state index in [0.29, 0.717) is 9.99 Å². The average Bonchev–Trinajstić information content (AvgIpc) is 1.99. The first kappa shape index (κ1) is 8.93.